The third-order valence-electron chi connectivity index (χ3n) is 3.88. The molecule has 0 aromatic heterocycles. The summed E-state index contributed by atoms with van der Waals surface area (Å²) in [4.78, 5) is 12.4. The molecule has 0 atom stereocenters. The van der Waals surface area contributed by atoms with Gasteiger partial charge in [-0.1, -0.05) is 78.9 Å². The van der Waals surface area contributed by atoms with Gasteiger partial charge >= 0.3 is 5.97 Å². The van der Waals surface area contributed by atoms with Crippen molar-refractivity contribution in [2.75, 3.05) is 0 Å². The molecule has 0 aliphatic rings. The van der Waals surface area contributed by atoms with Gasteiger partial charge in [0, 0.05) is 5.56 Å². The largest absolute Gasteiger partial charge is 0.423 e. The fourth-order valence-electron chi connectivity index (χ4n) is 2.57. The lowest BCUT2D eigenvalue weighted by molar-refractivity contribution is 0.0691. The minimum atomic E-state index is -0.338. The lowest BCUT2D eigenvalue weighted by atomic mass is 10.1. The zero-order valence-electron chi connectivity index (χ0n) is 14.0. The van der Waals surface area contributed by atoms with Crippen molar-refractivity contribution in [3.63, 3.8) is 0 Å². The van der Waals surface area contributed by atoms with Gasteiger partial charge in [0.15, 0.2) is 0 Å². The summed E-state index contributed by atoms with van der Waals surface area (Å²) in [5.41, 5.74) is 2.72. The lowest BCUT2D eigenvalue weighted by Crippen LogP contribution is -2.04. The standard InChI is InChI=1S/C23H20O2/c24-23(21-16-8-3-9-17-21)25-22(20-14-6-2-7-15-20)18-10-13-19-11-4-1-5-12-19/h1-9,11-12,14-18H,10,13H2/b22-18+. The van der Waals surface area contributed by atoms with Gasteiger partial charge in [0.25, 0.3) is 0 Å². The van der Waals surface area contributed by atoms with Crippen molar-refractivity contribution >= 4 is 11.7 Å². The third-order valence-corrected chi connectivity index (χ3v) is 3.88. The summed E-state index contributed by atoms with van der Waals surface area (Å²) >= 11 is 0. The van der Waals surface area contributed by atoms with E-state index in [0.717, 1.165) is 18.4 Å². The second-order valence-electron chi connectivity index (χ2n) is 5.71. The van der Waals surface area contributed by atoms with Crippen molar-refractivity contribution in [3.05, 3.63) is 114 Å². The smallest absolute Gasteiger partial charge is 0.343 e. The minimum absolute atomic E-state index is 0.338. The summed E-state index contributed by atoms with van der Waals surface area (Å²) in [6.07, 6.45) is 3.69. The molecule has 0 heterocycles. The van der Waals surface area contributed by atoms with Crippen molar-refractivity contribution in [1.29, 1.82) is 0 Å². The fraction of sp³-hybridized carbons (Fsp3) is 0.0870. The number of rotatable bonds is 6. The molecule has 0 fully saturated rings. The number of hydrogen-bond acceptors (Lipinski definition) is 2. The summed E-state index contributed by atoms with van der Waals surface area (Å²) in [7, 11) is 0. The third kappa shape index (κ3) is 4.92. The van der Waals surface area contributed by atoms with Gasteiger partial charge in [-0.25, -0.2) is 4.79 Å². The van der Waals surface area contributed by atoms with Gasteiger partial charge in [-0.3, -0.25) is 0 Å². The topological polar surface area (TPSA) is 26.3 Å². The van der Waals surface area contributed by atoms with E-state index in [1.54, 1.807) is 12.1 Å². The molecule has 3 rings (SSSR count). The van der Waals surface area contributed by atoms with Gasteiger partial charge in [-0.2, -0.15) is 0 Å². The maximum Gasteiger partial charge on any atom is 0.343 e. The van der Waals surface area contributed by atoms with Crippen molar-refractivity contribution in [2.24, 2.45) is 0 Å². The van der Waals surface area contributed by atoms with E-state index in [0.29, 0.717) is 11.3 Å². The second-order valence-corrected chi connectivity index (χ2v) is 5.71. The molecule has 3 aromatic carbocycles. The van der Waals surface area contributed by atoms with Crippen LogP contribution in [0, 0.1) is 0 Å². The molecule has 25 heavy (non-hydrogen) atoms. The van der Waals surface area contributed by atoms with Crippen molar-refractivity contribution < 1.29 is 9.53 Å². The molecule has 0 N–H and O–H groups in total. The zero-order valence-corrected chi connectivity index (χ0v) is 14.0. The van der Waals surface area contributed by atoms with Crippen LogP contribution in [0.1, 0.15) is 27.9 Å². The summed E-state index contributed by atoms with van der Waals surface area (Å²) in [6.45, 7) is 0. The predicted molar refractivity (Wildman–Crippen MR) is 101 cm³/mol. The molecule has 0 radical (unpaired) electrons. The van der Waals surface area contributed by atoms with Crippen LogP contribution in [0.5, 0.6) is 0 Å². The monoisotopic (exact) mass is 328 g/mol. The molecule has 0 aliphatic carbocycles. The van der Waals surface area contributed by atoms with Crippen LogP contribution < -0.4 is 0 Å². The van der Waals surface area contributed by atoms with Crippen LogP contribution >= 0.6 is 0 Å². The van der Waals surface area contributed by atoms with Crippen LogP contribution in [0.25, 0.3) is 5.76 Å². The second kappa shape index (κ2) is 8.65. The fourth-order valence-corrected chi connectivity index (χ4v) is 2.57. The normalized spacial score (nSPS) is 11.1. The number of allylic oxidation sites excluding steroid dienone is 1. The van der Waals surface area contributed by atoms with Gasteiger partial charge < -0.3 is 4.74 Å². The van der Waals surface area contributed by atoms with E-state index in [4.69, 9.17) is 4.74 Å². The Balaban J connectivity index is 1.76. The Hall–Kier alpha value is -3.13. The molecule has 0 saturated heterocycles. The Labute approximate surface area is 148 Å². The number of ether oxygens (including phenoxy) is 1. The molecular formula is C23H20O2. The summed E-state index contributed by atoms with van der Waals surface area (Å²) in [5, 5.41) is 0. The number of benzene rings is 3. The first-order chi connectivity index (χ1) is 12.3. The number of aryl methyl sites for hydroxylation is 1. The molecule has 0 bridgehead atoms. The summed E-state index contributed by atoms with van der Waals surface area (Å²) < 4.78 is 5.68. The average Bonchev–Trinajstić information content (AvgIpc) is 2.69. The Bertz CT molecular complexity index is 822. The Morgan fingerprint density at radius 1 is 0.720 bits per heavy atom. The van der Waals surface area contributed by atoms with Crippen LogP contribution in [0.4, 0.5) is 0 Å². The van der Waals surface area contributed by atoms with Crippen molar-refractivity contribution in [1.82, 2.24) is 0 Å². The van der Waals surface area contributed by atoms with Gasteiger partial charge in [-0.15, -0.1) is 0 Å². The molecule has 2 nitrogen and oxygen atoms in total. The first-order valence-electron chi connectivity index (χ1n) is 8.39. The average molecular weight is 328 g/mol. The zero-order chi connectivity index (χ0) is 17.3. The number of carbonyl (C=O) groups is 1. The van der Waals surface area contributed by atoms with E-state index >= 15 is 0 Å². The molecular weight excluding hydrogens is 308 g/mol. The van der Waals surface area contributed by atoms with E-state index < -0.39 is 0 Å². The van der Waals surface area contributed by atoms with Crippen molar-refractivity contribution in [3.8, 4) is 0 Å². The molecule has 2 heteroatoms. The highest BCUT2D eigenvalue weighted by molar-refractivity contribution is 5.93. The van der Waals surface area contributed by atoms with E-state index in [2.05, 4.69) is 12.1 Å². The van der Waals surface area contributed by atoms with Crippen LogP contribution in [0.3, 0.4) is 0 Å². The van der Waals surface area contributed by atoms with E-state index in [1.165, 1.54) is 5.56 Å². The van der Waals surface area contributed by atoms with E-state index in [9.17, 15) is 4.79 Å². The Morgan fingerprint density at radius 3 is 1.84 bits per heavy atom. The number of esters is 1. The highest BCUT2D eigenvalue weighted by Crippen LogP contribution is 2.19. The van der Waals surface area contributed by atoms with E-state index in [1.807, 2.05) is 72.8 Å². The van der Waals surface area contributed by atoms with Crippen molar-refractivity contribution in [2.45, 2.75) is 12.8 Å². The minimum Gasteiger partial charge on any atom is -0.423 e. The van der Waals surface area contributed by atoms with Crippen LogP contribution in [0.2, 0.25) is 0 Å². The lowest BCUT2D eigenvalue weighted by Gasteiger charge is -2.10. The van der Waals surface area contributed by atoms with Crippen LogP contribution in [0.15, 0.2) is 97.1 Å². The van der Waals surface area contributed by atoms with Gasteiger partial charge in [0.1, 0.15) is 5.76 Å². The molecule has 3 aromatic rings. The maximum absolute atomic E-state index is 12.4. The molecule has 0 unspecified atom stereocenters. The molecule has 0 amide bonds. The van der Waals surface area contributed by atoms with Gasteiger partial charge in [0.05, 0.1) is 5.56 Å². The number of carbonyl (C=O) groups excluding carboxylic acids is 1. The Kier molecular flexibility index (Phi) is 5.78. The SMILES string of the molecule is O=C(O/C(=C/CCc1ccccc1)c1ccccc1)c1ccccc1. The molecule has 0 saturated carbocycles. The highest BCUT2D eigenvalue weighted by Gasteiger charge is 2.11. The number of hydrogen-bond donors (Lipinski definition) is 0. The summed E-state index contributed by atoms with van der Waals surface area (Å²) in [6, 6.07) is 29.1. The quantitative estimate of drug-likeness (QED) is 0.440. The molecule has 0 aliphatic heterocycles. The first-order valence-corrected chi connectivity index (χ1v) is 8.39. The molecule has 124 valence electrons. The first kappa shape index (κ1) is 16.7. The summed E-state index contributed by atoms with van der Waals surface area (Å²) in [5.74, 6) is 0.265. The highest BCUT2D eigenvalue weighted by atomic mass is 16.5. The Morgan fingerprint density at radius 2 is 1.24 bits per heavy atom. The van der Waals surface area contributed by atoms with E-state index in [-0.39, 0.29) is 5.97 Å². The van der Waals surface area contributed by atoms with Crippen LogP contribution in [-0.4, -0.2) is 5.97 Å². The predicted octanol–water partition coefficient (Wildman–Crippen LogP) is 5.52. The van der Waals surface area contributed by atoms with Crippen LogP contribution in [-0.2, 0) is 11.2 Å². The molecule has 0 spiro atoms. The van der Waals surface area contributed by atoms with Gasteiger partial charge in [-0.05, 0) is 36.6 Å². The maximum atomic E-state index is 12.4. The van der Waals surface area contributed by atoms with Gasteiger partial charge in [0.2, 0.25) is 0 Å².